The Bertz CT molecular complexity index is 469. The van der Waals surface area contributed by atoms with Crippen LogP contribution in [0.1, 0.15) is 36.3 Å². The Morgan fingerprint density at radius 1 is 1.32 bits per heavy atom. The summed E-state index contributed by atoms with van der Waals surface area (Å²) in [7, 11) is 4.01. The first-order valence-electron chi connectivity index (χ1n) is 8.15. The van der Waals surface area contributed by atoms with Crippen LogP contribution in [0.2, 0.25) is 0 Å². The van der Waals surface area contributed by atoms with Crippen molar-refractivity contribution in [3.05, 3.63) is 17.0 Å². The van der Waals surface area contributed by atoms with Crippen molar-refractivity contribution in [3.63, 3.8) is 0 Å². The smallest absolute Gasteiger partial charge is 0.191 e. The zero-order valence-electron chi connectivity index (χ0n) is 14.3. The van der Waals surface area contributed by atoms with Gasteiger partial charge in [0.25, 0.3) is 0 Å². The number of aromatic nitrogens is 1. The molecule has 1 fully saturated rings. The molecule has 1 saturated heterocycles. The Labute approximate surface area is 133 Å². The normalized spacial score (nSPS) is 17.7. The minimum Gasteiger partial charge on any atom is -0.361 e. The maximum atomic E-state index is 5.18. The van der Waals surface area contributed by atoms with Crippen LogP contribution in [0.25, 0.3) is 0 Å². The molecular formula is C16H29N5O. The van der Waals surface area contributed by atoms with E-state index in [1.165, 1.54) is 32.4 Å². The molecule has 2 N–H and O–H groups in total. The first kappa shape index (κ1) is 16.8. The van der Waals surface area contributed by atoms with Crippen LogP contribution < -0.4 is 10.6 Å². The molecule has 2 heterocycles. The van der Waals surface area contributed by atoms with Crippen LogP contribution in [0.5, 0.6) is 0 Å². The van der Waals surface area contributed by atoms with Gasteiger partial charge in [-0.05, 0) is 59.2 Å². The third-order valence-electron chi connectivity index (χ3n) is 4.52. The molecule has 22 heavy (non-hydrogen) atoms. The highest BCUT2D eigenvalue weighted by atomic mass is 16.5. The monoisotopic (exact) mass is 307 g/mol. The Morgan fingerprint density at radius 3 is 2.64 bits per heavy atom. The molecule has 6 heteroatoms. The molecule has 1 aromatic heterocycles. The van der Waals surface area contributed by atoms with Crippen LogP contribution in [-0.2, 0) is 6.54 Å². The molecule has 6 nitrogen and oxygen atoms in total. The van der Waals surface area contributed by atoms with Crippen molar-refractivity contribution in [2.24, 2.45) is 10.9 Å². The molecule has 0 atom stereocenters. The predicted molar refractivity (Wildman–Crippen MR) is 89.0 cm³/mol. The molecule has 0 saturated carbocycles. The van der Waals surface area contributed by atoms with Gasteiger partial charge in [-0.1, -0.05) is 5.16 Å². The van der Waals surface area contributed by atoms with Crippen LogP contribution in [0.4, 0.5) is 0 Å². The quantitative estimate of drug-likeness (QED) is 0.640. The minimum atomic E-state index is 0.690. The molecule has 0 unspecified atom stereocenters. The summed E-state index contributed by atoms with van der Waals surface area (Å²) < 4.78 is 5.18. The highest BCUT2D eigenvalue weighted by Gasteiger charge is 2.16. The third kappa shape index (κ3) is 4.73. The number of nitrogens with one attached hydrogen (secondary N) is 2. The fraction of sp³-hybridized carbons (Fsp3) is 0.750. The number of aliphatic imine (C=N–C) groups is 1. The summed E-state index contributed by atoms with van der Waals surface area (Å²) in [5, 5.41) is 10.7. The predicted octanol–water partition coefficient (Wildman–Crippen LogP) is 1.69. The zero-order valence-corrected chi connectivity index (χ0v) is 14.3. The van der Waals surface area contributed by atoms with E-state index in [1.54, 1.807) is 7.05 Å². The van der Waals surface area contributed by atoms with Gasteiger partial charge in [-0.2, -0.15) is 0 Å². The van der Waals surface area contributed by atoms with E-state index in [0.29, 0.717) is 6.54 Å². The first-order valence-corrected chi connectivity index (χ1v) is 8.15. The number of nitrogens with zero attached hydrogens (tertiary/aromatic N) is 3. The fourth-order valence-corrected chi connectivity index (χ4v) is 2.89. The van der Waals surface area contributed by atoms with E-state index in [1.807, 2.05) is 13.8 Å². The van der Waals surface area contributed by atoms with Crippen molar-refractivity contribution in [1.82, 2.24) is 20.7 Å². The van der Waals surface area contributed by atoms with Crippen LogP contribution in [0.3, 0.4) is 0 Å². The number of aryl methyl sites for hydroxylation is 2. The molecule has 0 bridgehead atoms. The van der Waals surface area contributed by atoms with Gasteiger partial charge >= 0.3 is 0 Å². The summed E-state index contributed by atoms with van der Waals surface area (Å²) in [6.45, 7) is 8.01. The van der Waals surface area contributed by atoms with Crippen molar-refractivity contribution in [1.29, 1.82) is 0 Å². The second kappa shape index (κ2) is 8.17. The third-order valence-corrected chi connectivity index (χ3v) is 4.52. The molecule has 0 aliphatic carbocycles. The molecule has 1 aromatic rings. The van der Waals surface area contributed by atoms with Gasteiger partial charge in [0.05, 0.1) is 5.69 Å². The maximum Gasteiger partial charge on any atom is 0.191 e. The van der Waals surface area contributed by atoms with E-state index in [0.717, 1.165) is 35.4 Å². The van der Waals surface area contributed by atoms with E-state index < -0.39 is 0 Å². The first-order chi connectivity index (χ1) is 10.6. The molecule has 0 spiro atoms. The van der Waals surface area contributed by atoms with Crippen molar-refractivity contribution in [3.8, 4) is 0 Å². The van der Waals surface area contributed by atoms with Crippen LogP contribution >= 0.6 is 0 Å². The summed E-state index contributed by atoms with van der Waals surface area (Å²) in [5.74, 6) is 2.55. The van der Waals surface area contributed by atoms with E-state index in [9.17, 15) is 0 Å². The van der Waals surface area contributed by atoms with Gasteiger partial charge < -0.3 is 20.1 Å². The number of likely N-dealkylation sites (tertiary alicyclic amines) is 1. The Morgan fingerprint density at radius 2 is 2.05 bits per heavy atom. The summed E-state index contributed by atoms with van der Waals surface area (Å²) in [5.41, 5.74) is 2.05. The van der Waals surface area contributed by atoms with Gasteiger partial charge in [0.15, 0.2) is 5.96 Å². The van der Waals surface area contributed by atoms with Crippen molar-refractivity contribution in [2.45, 2.75) is 39.7 Å². The maximum absolute atomic E-state index is 5.18. The topological polar surface area (TPSA) is 65.7 Å². The van der Waals surface area contributed by atoms with E-state index in [4.69, 9.17) is 4.52 Å². The van der Waals surface area contributed by atoms with Crippen LogP contribution in [-0.4, -0.2) is 49.7 Å². The summed E-state index contributed by atoms with van der Waals surface area (Å²) in [6.07, 6.45) is 3.83. The van der Waals surface area contributed by atoms with Gasteiger partial charge in [-0.25, -0.2) is 0 Å². The van der Waals surface area contributed by atoms with E-state index in [-0.39, 0.29) is 0 Å². The molecular weight excluding hydrogens is 278 g/mol. The minimum absolute atomic E-state index is 0.690. The van der Waals surface area contributed by atoms with Crippen LogP contribution in [0, 0.1) is 19.8 Å². The lowest BCUT2D eigenvalue weighted by molar-refractivity contribution is 0.213. The summed E-state index contributed by atoms with van der Waals surface area (Å²) >= 11 is 0. The molecule has 0 aromatic carbocycles. The average Bonchev–Trinajstić information content (AvgIpc) is 2.84. The largest absolute Gasteiger partial charge is 0.361 e. The molecule has 124 valence electrons. The van der Waals surface area contributed by atoms with Gasteiger partial charge in [0.2, 0.25) is 0 Å². The van der Waals surface area contributed by atoms with Crippen LogP contribution in [0.15, 0.2) is 9.52 Å². The highest BCUT2D eigenvalue weighted by Crippen LogP contribution is 2.18. The van der Waals surface area contributed by atoms with Gasteiger partial charge in [0.1, 0.15) is 5.76 Å². The fourth-order valence-electron chi connectivity index (χ4n) is 2.89. The molecule has 0 amide bonds. The van der Waals surface area contributed by atoms with Crippen molar-refractivity contribution >= 4 is 5.96 Å². The molecule has 1 aliphatic heterocycles. The van der Waals surface area contributed by atoms with Crippen molar-refractivity contribution < 1.29 is 4.52 Å². The SMILES string of the molecule is CN=C(NCCC1CCN(C)CC1)NCc1c(C)noc1C. The Kier molecular flexibility index (Phi) is 6.24. The lowest BCUT2D eigenvalue weighted by Gasteiger charge is -2.29. The molecule has 0 radical (unpaired) electrons. The lowest BCUT2D eigenvalue weighted by atomic mass is 9.94. The summed E-state index contributed by atoms with van der Waals surface area (Å²) in [6, 6.07) is 0. The number of hydrogen-bond donors (Lipinski definition) is 2. The average molecular weight is 307 g/mol. The van der Waals surface area contributed by atoms with E-state index in [2.05, 4.69) is 32.7 Å². The molecule has 2 rings (SSSR count). The standard InChI is InChI=1S/C16H29N5O/c1-12-15(13(2)22-20-12)11-19-16(17-3)18-8-5-14-6-9-21(4)10-7-14/h14H,5-11H2,1-4H3,(H2,17,18,19). The number of piperidine rings is 1. The number of guanidine groups is 1. The van der Waals surface area contributed by atoms with Gasteiger partial charge in [-0.3, -0.25) is 4.99 Å². The zero-order chi connectivity index (χ0) is 15.9. The van der Waals surface area contributed by atoms with E-state index >= 15 is 0 Å². The number of rotatable bonds is 5. The second-order valence-corrected chi connectivity index (χ2v) is 6.19. The lowest BCUT2D eigenvalue weighted by Crippen LogP contribution is -2.38. The van der Waals surface area contributed by atoms with Crippen molar-refractivity contribution in [2.75, 3.05) is 33.7 Å². The Hall–Kier alpha value is -1.56. The molecule has 1 aliphatic rings. The number of hydrogen-bond acceptors (Lipinski definition) is 4. The highest BCUT2D eigenvalue weighted by molar-refractivity contribution is 5.79. The van der Waals surface area contributed by atoms with Gasteiger partial charge in [0, 0.05) is 25.7 Å². The Balaban J connectivity index is 1.69. The summed E-state index contributed by atoms with van der Waals surface area (Å²) in [4.78, 5) is 6.69. The van der Waals surface area contributed by atoms with Gasteiger partial charge in [-0.15, -0.1) is 0 Å². The second-order valence-electron chi connectivity index (χ2n) is 6.19.